The molecule has 11 heteroatoms. The molecule has 0 unspecified atom stereocenters. The number of carbonyl (C=O) groups is 1. The van der Waals surface area contributed by atoms with Crippen molar-refractivity contribution in [2.75, 3.05) is 0 Å². The number of carbonyl (C=O) groups excluding carboxylic acids is 1. The van der Waals surface area contributed by atoms with E-state index in [1.54, 1.807) is 27.0 Å². The molecular weight excluding hydrogens is 390 g/mol. The topological polar surface area (TPSA) is 64.8 Å². The van der Waals surface area contributed by atoms with Crippen LogP contribution in [-0.2, 0) is 0 Å². The number of hydrogen-bond donors (Lipinski definition) is 1. The van der Waals surface area contributed by atoms with Crippen molar-refractivity contribution in [3.63, 3.8) is 0 Å². The Morgan fingerprint density at radius 1 is 1.19 bits per heavy atom. The summed E-state index contributed by atoms with van der Waals surface area (Å²) in [4.78, 5) is 16.9. The Morgan fingerprint density at radius 2 is 1.81 bits per heavy atom. The fourth-order valence-corrected chi connectivity index (χ4v) is 3.12. The molecule has 2 heterocycles. The van der Waals surface area contributed by atoms with E-state index in [4.69, 9.17) is 0 Å². The number of thiazole rings is 1. The maximum absolute atomic E-state index is 13.4. The molecule has 0 fully saturated rings. The highest BCUT2D eigenvalue weighted by atomic mass is 32.1. The number of hydrogen-bond acceptors (Lipinski definition) is 4. The quantitative estimate of drug-likeness (QED) is 0.773. The van der Waals surface area contributed by atoms with E-state index >= 15 is 0 Å². The highest BCUT2D eigenvalue weighted by Crippen LogP contribution is 2.47. The van der Waals surface area contributed by atoms with Gasteiger partial charge in [0.1, 0.15) is 0 Å². The zero-order valence-corrected chi connectivity index (χ0v) is 15.2. The minimum Gasteiger partial charge on any atom is -0.421 e. The van der Waals surface area contributed by atoms with E-state index in [2.05, 4.69) is 19.8 Å². The van der Waals surface area contributed by atoms with E-state index in [0.29, 0.717) is 5.69 Å². The number of rotatable bonds is 2. The molecule has 1 aliphatic rings. The number of amides is 2. The Morgan fingerprint density at radius 3 is 2.44 bits per heavy atom. The van der Waals surface area contributed by atoms with E-state index in [1.807, 2.05) is 0 Å². The Kier molecular flexibility index (Phi) is 4.66. The van der Waals surface area contributed by atoms with Crippen molar-refractivity contribution >= 4 is 17.4 Å². The Labute approximate surface area is 155 Å². The van der Waals surface area contributed by atoms with Crippen LogP contribution >= 0.6 is 11.3 Å². The normalized spacial score (nSPS) is 17.9. The number of nitrogens with one attached hydrogen (secondary N) is 1. The van der Waals surface area contributed by atoms with Gasteiger partial charge in [-0.2, -0.15) is 22.6 Å². The maximum atomic E-state index is 13.4. The van der Waals surface area contributed by atoms with Crippen LogP contribution in [0.2, 0.25) is 0 Å². The summed E-state index contributed by atoms with van der Waals surface area (Å²) in [6.45, 7) is 5.32. The van der Waals surface area contributed by atoms with Crippen LogP contribution in [0.15, 0.2) is 29.4 Å². The SMILES string of the molecule is Cc1cn(-c2ccc3c(c2)OC(F)(F)C(F)(F)O3)c(=NC(=O)NC(C)C)s1. The fourth-order valence-electron chi connectivity index (χ4n) is 2.29. The third-order valence-electron chi connectivity index (χ3n) is 3.40. The fraction of sp³-hybridized carbons (Fsp3) is 0.375. The van der Waals surface area contributed by atoms with Gasteiger partial charge in [0.05, 0.1) is 5.69 Å². The molecule has 27 heavy (non-hydrogen) atoms. The van der Waals surface area contributed by atoms with Crippen LogP contribution in [-0.4, -0.2) is 28.9 Å². The van der Waals surface area contributed by atoms with Crippen molar-refractivity contribution < 1.29 is 31.8 Å². The molecule has 0 bridgehead atoms. The molecule has 6 nitrogen and oxygen atoms in total. The smallest absolute Gasteiger partial charge is 0.421 e. The van der Waals surface area contributed by atoms with E-state index in [1.165, 1.54) is 22.0 Å². The maximum Gasteiger partial charge on any atom is 0.507 e. The molecule has 2 amide bonds. The lowest BCUT2D eigenvalue weighted by Crippen LogP contribution is -2.52. The number of aromatic nitrogens is 1. The van der Waals surface area contributed by atoms with Gasteiger partial charge in [0.15, 0.2) is 16.3 Å². The molecule has 0 radical (unpaired) electrons. The highest BCUT2D eigenvalue weighted by Gasteiger charge is 2.65. The van der Waals surface area contributed by atoms with E-state index in [-0.39, 0.29) is 10.8 Å². The van der Waals surface area contributed by atoms with Gasteiger partial charge in [0, 0.05) is 23.2 Å². The largest absolute Gasteiger partial charge is 0.507 e. The number of nitrogens with zero attached hydrogens (tertiary/aromatic N) is 2. The first-order chi connectivity index (χ1) is 12.5. The summed E-state index contributed by atoms with van der Waals surface area (Å²) >= 11 is 1.20. The summed E-state index contributed by atoms with van der Waals surface area (Å²) in [6.07, 6.45) is -7.95. The molecule has 1 N–H and O–H groups in total. The van der Waals surface area contributed by atoms with Crippen molar-refractivity contribution in [3.05, 3.63) is 34.1 Å². The van der Waals surface area contributed by atoms with Crippen molar-refractivity contribution in [1.82, 2.24) is 9.88 Å². The van der Waals surface area contributed by atoms with Crippen LogP contribution < -0.4 is 19.6 Å². The lowest BCUT2D eigenvalue weighted by atomic mass is 10.2. The van der Waals surface area contributed by atoms with Gasteiger partial charge in [-0.15, -0.1) is 11.3 Å². The average Bonchev–Trinajstić information content (AvgIpc) is 2.87. The Bertz CT molecular complexity index is 953. The molecule has 0 spiro atoms. The number of benzene rings is 1. The van der Waals surface area contributed by atoms with Crippen molar-refractivity contribution in [2.24, 2.45) is 4.99 Å². The first kappa shape index (κ1) is 19.2. The molecule has 0 atom stereocenters. The summed E-state index contributed by atoms with van der Waals surface area (Å²) in [5, 5.41) is 2.61. The number of halogens is 4. The van der Waals surface area contributed by atoms with Crippen LogP contribution in [0, 0.1) is 6.92 Å². The standard InChI is InChI=1S/C16H15F4N3O3S/c1-8(2)21-13(24)22-14-23(7-9(3)27-14)10-4-5-11-12(6-10)26-16(19,20)15(17,18)25-11/h4-8H,1-3H3,(H,21,24). The Hall–Kier alpha value is -2.56. The first-order valence-corrected chi connectivity index (χ1v) is 8.62. The number of fused-ring (bicyclic) bond motifs is 1. The molecule has 0 aliphatic carbocycles. The first-order valence-electron chi connectivity index (χ1n) is 7.81. The zero-order chi connectivity index (χ0) is 20.0. The summed E-state index contributed by atoms with van der Waals surface area (Å²) < 4.78 is 63.0. The summed E-state index contributed by atoms with van der Waals surface area (Å²) in [5.41, 5.74) is 0.291. The third-order valence-corrected chi connectivity index (χ3v) is 4.30. The molecular formula is C16H15F4N3O3S. The molecule has 1 aliphatic heterocycles. The molecule has 2 aromatic rings. The van der Waals surface area contributed by atoms with Gasteiger partial charge in [0.25, 0.3) is 0 Å². The van der Waals surface area contributed by atoms with Gasteiger partial charge in [-0.3, -0.25) is 4.57 Å². The van der Waals surface area contributed by atoms with Gasteiger partial charge in [0.2, 0.25) is 0 Å². The van der Waals surface area contributed by atoms with Crippen LogP contribution in [0.4, 0.5) is 22.4 Å². The predicted octanol–water partition coefficient (Wildman–Crippen LogP) is 3.82. The van der Waals surface area contributed by atoms with Gasteiger partial charge < -0.3 is 14.8 Å². The second-order valence-electron chi connectivity index (χ2n) is 6.08. The summed E-state index contributed by atoms with van der Waals surface area (Å²) in [5.74, 6) is -1.06. The van der Waals surface area contributed by atoms with Crippen molar-refractivity contribution in [3.8, 4) is 17.2 Å². The van der Waals surface area contributed by atoms with Crippen LogP contribution in [0.1, 0.15) is 18.7 Å². The van der Waals surface area contributed by atoms with Gasteiger partial charge >= 0.3 is 18.2 Å². The summed E-state index contributed by atoms with van der Waals surface area (Å²) in [7, 11) is 0. The lowest BCUT2D eigenvalue weighted by molar-refractivity contribution is -0.391. The lowest BCUT2D eigenvalue weighted by Gasteiger charge is -2.31. The highest BCUT2D eigenvalue weighted by molar-refractivity contribution is 7.09. The molecule has 3 rings (SSSR count). The van der Waals surface area contributed by atoms with Crippen molar-refractivity contribution in [2.45, 2.75) is 39.0 Å². The molecule has 0 saturated carbocycles. The van der Waals surface area contributed by atoms with E-state index in [0.717, 1.165) is 17.0 Å². The van der Waals surface area contributed by atoms with Crippen molar-refractivity contribution in [1.29, 1.82) is 0 Å². The number of alkyl halides is 4. The van der Waals surface area contributed by atoms with Gasteiger partial charge in [-0.25, -0.2) is 4.79 Å². The average molecular weight is 405 g/mol. The summed E-state index contributed by atoms with van der Waals surface area (Å²) in [6, 6.07) is 2.89. The van der Waals surface area contributed by atoms with E-state index < -0.39 is 29.7 Å². The Balaban J connectivity index is 2.03. The molecule has 146 valence electrons. The molecule has 1 aromatic carbocycles. The monoisotopic (exact) mass is 405 g/mol. The van der Waals surface area contributed by atoms with Crippen LogP contribution in [0.25, 0.3) is 5.69 Å². The third kappa shape index (κ3) is 3.77. The van der Waals surface area contributed by atoms with Crippen LogP contribution in [0.5, 0.6) is 11.5 Å². The molecule has 1 aromatic heterocycles. The molecule has 0 saturated heterocycles. The second-order valence-corrected chi connectivity index (χ2v) is 7.29. The predicted molar refractivity (Wildman–Crippen MR) is 88.8 cm³/mol. The van der Waals surface area contributed by atoms with E-state index in [9.17, 15) is 22.4 Å². The number of ether oxygens (including phenoxy) is 2. The number of urea groups is 1. The minimum atomic E-state index is -4.81. The van der Waals surface area contributed by atoms with Crippen LogP contribution in [0.3, 0.4) is 0 Å². The van der Waals surface area contributed by atoms with Gasteiger partial charge in [-0.05, 0) is 32.9 Å². The van der Waals surface area contributed by atoms with Gasteiger partial charge in [-0.1, -0.05) is 0 Å². The number of aryl methyl sites for hydroxylation is 1. The second kappa shape index (κ2) is 6.55. The minimum absolute atomic E-state index is 0.117. The zero-order valence-electron chi connectivity index (χ0n) is 14.4.